The minimum atomic E-state index is -1.01. The van der Waals surface area contributed by atoms with Crippen molar-refractivity contribution in [3.8, 4) is 5.75 Å². The molecule has 10 nitrogen and oxygen atoms in total. The highest BCUT2D eigenvalue weighted by molar-refractivity contribution is 5.92. The van der Waals surface area contributed by atoms with E-state index in [1.54, 1.807) is 16.8 Å². The van der Waals surface area contributed by atoms with E-state index in [9.17, 15) is 19.5 Å². The monoisotopic (exact) mass is 529 g/mol. The maximum atomic E-state index is 14.0. The van der Waals surface area contributed by atoms with E-state index >= 15 is 0 Å². The number of ether oxygens (including phenoxy) is 1. The molecule has 0 spiro atoms. The number of benzene rings is 1. The van der Waals surface area contributed by atoms with E-state index in [0.29, 0.717) is 38.8 Å². The van der Waals surface area contributed by atoms with Gasteiger partial charge in [0.25, 0.3) is 0 Å². The lowest BCUT2D eigenvalue weighted by molar-refractivity contribution is -0.149. The molecule has 2 fully saturated rings. The Hall–Kier alpha value is -2.69. The highest BCUT2D eigenvalue weighted by Crippen LogP contribution is 2.34. The van der Waals surface area contributed by atoms with Gasteiger partial charge >= 0.3 is 0 Å². The van der Waals surface area contributed by atoms with Gasteiger partial charge in [-0.05, 0) is 39.3 Å². The summed E-state index contributed by atoms with van der Waals surface area (Å²) in [5.41, 5.74) is 0.349. The number of nitrogens with one attached hydrogen (secondary N) is 3. The van der Waals surface area contributed by atoms with E-state index in [0.717, 1.165) is 11.3 Å². The molecule has 2 saturated heterocycles. The maximum absolute atomic E-state index is 14.0. The van der Waals surface area contributed by atoms with Crippen molar-refractivity contribution in [3.63, 3.8) is 0 Å². The van der Waals surface area contributed by atoms with Crippen molar-refractivity contribution >= 4 is 17.7 Å². The molecule has 38 heavy (non-hydrogen) atoms. The van der Waals surface area contributed by atoms with Gasteiger partial charge in [-0.2, -0.15) is 0 Å². The van der Waals surface area contributed by atoms with Gasteiger partial charge in [0.2, 0.25) is 17.7 Å². The van der Waals surface area contributed by atoms with Crippen LogP contribution in [0.4, 0.5) is 0 Å². The van der Waals surface area contributed by atoms with E-state index in [1.807, 2.05) is 52.0 Å². The summed E-state index contributed by atoms with van der Waals surface area (Å²) in [4.78, 5) is 44.3. The van der Waals surface area contributed by atoms with E-state index < -0.39 is 23.7 Å². The van der Waals surface area contributed by atoms with Gasteiger partial charge in [-0.3, -0.25) is 19.7 Å². The van der Waals surface area contributed by atoms with Crippen LogP contribution in [0.5, 0.6) is 5.75 Å². The van der Waals surface area contributed by atoms with Gasteiger partial charge in [-0.15, -0.1) is 0 Å². The van der Waals surface area contributed by atoms with Crippen LogP contribution in [-0.4, -0.2) is 89.8 Å². The average molecular weight is 530 g/mol. The molecule has 3 heterocycles. The largest absolute Gasteiger partial charge is 0.493 e. The number of carbonyl (C=O) groups excluding carboxylic acids is 3. The van der Waals surface area contributed by atoms with Gasteiger partial charge < -0.3 is 30.3 Å². The molecule has 3 amide bonds. The molecule has 10 heteroatoms. The summed E-state index contributed by atoms with van der Waals surface area (Å²) in [5, 5.41) is 19.9. The fraction of sp³-hybridized carbons (Fsp3) is 0.679. The van der Waals surface area contributed by atoms with Gasteiger partial charge in [0, 0.05) is 42.6 Å². The fourth-order valence-electron chi connectivity index (χ4n) is 5.68. The number of nitrogens with zero attached hydrogens (tertiary/aromatic N) is 2. The number of para-hydroxylation sites is 1. The van der Waals surface area contributed by atoms with Crippen molar-refractivity contribution in [2.45, 2.75) is 89.8 Å². The lowest BCUT2D eigenvalue weighted by Gasteiger charge is -2.41. The summed E-state index contributed by atoms with van der Waals surface area (Å²) in [5.74, 6) is 0.311. The molecule has 3 aliphatic heterocycles. The van der Waals surface area contributed by atoms with E-state index in [2.05, 4.69) is 16.0 Å². The highest BCUT2D eigenvalue weighted by Gasteiger charge is 2.46. The van der Waals surface area contributed by atoms with Crippen LogP contribution in [0.15, 0.2) is 24.3 Å². The molecular formula is C28H43N5O5. The Morgan fingerprint density at radius 3 is 2.55 bits per heavy atom. The second-order valence-corrected chi connectivity index (χ2v) is 11.8. The summed E-state index contributed by atoms with van der Waals surface area (Å²) in [6, 6.07) is 5.61. The van der Waals surface area contributed by atoms with Crippen molar-refractivity contribution in [1.82, 2.24) is 25.8 Å². The SMILES string of the molecule is CN[C@@H](C)C(O)N[C@H]1CN(C(=O)C(C)(C)C)CC[C@H]2CC[C@@H](C(=O)N[C@@H]3CCOc4ccccc43)N2C1=O. The van der Waals surface area contributed by atoms with E-state index in [4.69, 9.17) is 4.74 Å². The van der Waals surface area contributed by atoms with Gasteiger partial charge in [-0.1, -0.05) is 39.0 Å². The first-order chi connectivity index (χ1) is 18.0. The molecule has 4 rings (SSSR count). The Labute approximate surface area is 225 Å². The summed E-state index contributed by atoms with van der Waals surface area (Å²) in [6.45, 7) is 8.55. The lowest BCUT2D eigenvalue weighted by Crippen LogP contribution is -2.63. The summed E-state index contributed by atoms with van der Waals surface area (Å²) >= 11 is 0. The van der Waals surface area contributed by atoms with Crippen LogP contribution in [0.1, 0.15) is 65.0 Å². The number of aliphatic hydroxyl groups excluding tert-OH is 1. The van der Waals surface area contributed by atoms with Gasteiger partial charge in [-0.25, -0.2) is 0 Å². The Balaban J connectivity index is 1.56. The number of fused-ring (bicyclic) bond motifs is 2. The standard InChI is InChI=1S/C28H43N5O5/c1-17(29-5)24(34)31-21-16-32(27(37)28(2,3)4)14-12-18-10-11-22(33(18)26(21)36)25(35)30-20-13-15-38-23-9-7-6-8-19(20)23/h6-9,17-18,20-22,24,29,31,34H,10-16H2,1-5H3,(H,30,35)/t17-,18+,20+,21-,22-,24?/m0/s1. The van der Waals surface area contributed by atoms with Gasteiger partial charge in [0.05, 0.1) is 12.6 Å². The van der Waals surface area contributed by atoms with Crippen molar-refractivity contribution in [1.29, 1.82) is 0 Å². The molecule has 0 aliphatic carbocycles. The first-order valence-electron chi connectivity index (χ1n) is 13.8. The van der Waals surface area contributed by atoms with Crippen molar-refractivity contribution in [3.05, 3.63) is 29.8 Å². The number of amides is 3. The molecule has 210 valence electrons. The van der Waals surface area contributed by atoms with E-state index in [-0.39, 0.29) is 42.4 Å². The first kappa shape index (κ1) is 28.3. The fourth-order valence-corrected chi connectivity index (χ4v) is 5.68. The van der Waals surface area contributed by atoms with Crippen LogP contribution in [0.3, 0.4) is 0 Å². The molecule has 1 aromatic carbocycles. The number of rotatable bonds is 6. The minimum Gasteiger partial charge on any atom is -0.493 e. The Kier molecular flexibility index (Phi) is 8.64. The zero-order valence-corrected chi connectivity index (χ0v) is 23.2. The van der Waals surface area contributed by atoms with Crippen molar-refractivity contribution in [2.24, 2.45) is 5.41 Å². The normalized spacial score (nSPS) is 27.4. The number of hydrogen-bond acceptors (Lipinski definition) is 7. The van der Waals surface area contributed by atoms with Crippen LogP contribution in [0, 0.1) is 5.41 Å². The van der Waals surface area contributed by atoms with Crippen molar-refractivity contribution < 1.29 is 24.2 Å². The molecule has 6 atom stereocenters. The van der Waals surface area contributed by atoms with Crippen LogP contribution >= 0.6 is 0 Å². The van der Waals surface area contributed by atoms with Crippen LogP contribution in [0.2, 0.25) is 0 Å². The highest BCUT2D eigenvalue weighted by atomic mass is 16.5. The molecular weight excluding hydrogens is 486 g/mol. The van der Waals surface area contributed by atoms with Crippen LogP contribution in [0.25, 0.3) is 0 Å². The molecule has 0 bridgehead atoms. The Morgan fingerprint density at radius 2 is 1.84 bits per heavy atom. The topological polar surface area (TPSA) is 123 Å². The number of likely N-dealkylation sites (N-methyl/N-ethyl adjacent to an activating group) is 1. The molecule has 1 aromatic rings. The zero-order chi connectivity index (χ0) is 27.6. The smallest absolute Gasteiger partial charge is 0.243 e. The molecule has 0 aromatic heterocycles. The first-order valence-corrected chi connectivity index (χ1v) is 13.8. The summed E-state index contributed by atoms with van der Waals surface area (Å²) < 4.78 is 5.74. The van der Waals surface area contributed by atoms with E-state index in [1.165, 1.54) is 0 Å². The van der Waals surface area contributed by atoms with Crippen LogP contribution < -0.4 is 20.7 Å². The quantitative estimate of drug-likeness (QED) is 0.408. The molecule has 4 N–H and O–H groups in total. The van der Waals surface area contributed by atoms with Gasteiger partial charge in [0.1, 0.15) is 24.1 Å². The summed E-state index contributed by atoms with van der Waals surface area (Å²) in [7, 11) is 1.73. The van der Waals surface area contributed by atoms with Crippen LogP contribution in [-0.2, 0) is 14.4 Å². The summed E-state index contributed by atoms with van der Waals surface area (Å²) in [6.07, 6.45) is 1.51. The van der Waals surface area contributed by atoms with Crippen molar-refractivity contribution in [2.75, 3.05) is 26.7 Å². The zero-order valence-electron chi connectivity index (χ0n) is 23.2. The Bertz CT molecular complexity index is 1030. The predicted molar refractivity (Wildman–Crippen MR) is 143 cm³/mol. The minimum absolute atomic E-state index is 0.0350. The lowest BCUT2D eigenvalue weighted by atomic mass is 9.93. The molecule has 1 unspecified atom stereocenters. The second-order valence-electron chi connectivity index (χ2n) is 11.8. The molecule has 0 radical (unpaired) electrons. The molecule has 3 aliphatic rings. The number of carbonyl (C=O) groups is 3. The number of hydrogen-bond donors (Lipinski definition) is 4. The predicted octanol–water partition coefficient (Wildman–Crippen LogP) is 1.15. The number of aliphatic hydroxyl groups is 1. The Morgan fingerprint density at radius 1 is 1.11 bits per heavy atom. The third kappa shape index (κ3) is 5.97. The third-order valence-electron chi connectivity index (χ3n) is 8.00. The van der Waals surface area contributed by atoms with Gasteiger partial charge in [0.15, 0.2) is 0 Å². The molecule has 0 saturated carbocycles. The third-order valence-corrected chi connectivity index (χ3v) is 8.00. The maximum Gasteiger partial charge on any atom is 0.243 e. The average Bonchev–Trinajstić information content (AvgIpc) is 3.31. The second kappa shape index (κ2) is 11.6.